The van der Waals surface area contributed by atoms with E-state index in [0.29, 0.717) is 5.56 Å². The summed E-state index contributed by atoms with van der Waals surface area (Å²) in [6.45, 7) is 6.07. The van der Waals surface area contributed by atoms with Crippen molar-refractivity contribution in [2.75, 3.05) is 33.2 Å². The van der Waals surface area contributed by atoms with E-state index in [1.54, 1.807) is 11.3 Å². The molecule has 0 spiro atoms. The number of rotatable bonds is 5. The molecule has 6 heteroatoms. The van der Waals surface area contributed by atoms with Crippen molar-refractivity contribution in [3.63, 3.8) is 0 Å². The van der Waals surface area contributed by atoms with Crippen LogP contribution in [0.5, 0.6) is 0 Å². The van der Waals surface area contributed by atoms with Gasteiger partial charge in [0.15, 0.2) is 0 Å². The minimum absolute atomic E-state index is 0.0420. The second-order valence-corrected chi connectivity index (χ2v) is 7.55. The third-order valence-corrected chi connectivity index (χ3v) is 5.65. The summed E-state index contributed by atoms with van der Waals surface area (Å²) in [6, 6.07) is 9.97. The number of piperazine rings is 1. The van der Waals surface area contributed by atoms with Crippen LogP contribution in [0.25, 0.3) is 0 Å². The molecule has 25 heavy (non-hydrogen) atoms. The van der Waals surface area contributed by atoms with Crippen LogP contribution in [0.15, 0.2) is 41.8 Å². The first-order valence-corrected chi connectivity index (χ1v) is 9.45. The van der Waals surface area contributed by atoms with Gasteiger partial charge in [-0.2, -0.15) is 0 Å². The average molecular weight is 361 g/mol. The molecule has 2 aromatic rings. The molecule has 1 aliphatic rings. The Morgan fingerprint density at radius 2 is 1.84 bits per heavy atom. The first-order valence-electron chi connectivity index (χ1n) is 8.57. The van der Waals surface area contributed by atoms with Crippen molar-refractivity contribution >= 4 is 17.2 Å². The Balaban J connectivity index is 1.74. The largest absolute Gasteiger partial charge is 0.348 e. The first kappa shape index (κ1) is 18.0. The summed E-state index contributed by atoms with van der Waals surface area (Å²) in [7, 11) is 2.14. The molecule has 1 N–H and O–H groups in total. The number of carbonyl (C=O) groups excluding carboxylic acids is 1. The Morgan fingerprint density at radius 1 is 1.16 bits per heavy atom. The van der Waals surface area contributed by atoms with Gasteiger partial charge in [-0.1, -0.05) is 6.07 Å². The zero-order valence-corrected chi connectivity index (χ0v) is 15.4. The van der Waals surface area contributed by atoms with E-state index < -0.39 is 0 Å². The Bertz CT molecular complexity index is 681. The van der Waals surface area contributed by atoms with Gasteiger partial charge in [-0.05, 0) is 49.7 Å². The third-order valence-electron chi connectivity index (χ3n) is 4.70. The highest BCUT2D eigenvalue weighted by Crippen LogP contribution is 2.29. The van der Waals surface area contributed by atoms with E-state index in [4.69, 9.17) is 0 Å². The topological polar surface area (TPSA) is 35.6 Å². The van der Waals surface area contributed by atoms with E-state index in [1.807, 2.05) is 6.92 Å². The number of amides is 1. The number of likely N-dealkylation sites (N-methyl/N-ethyl adjacent to an activating group) is 1. The Kier molecular flexibility index (Phi) is 5.83. The molecular weight excluding hydrogens is 337 g/mol. The van der Waals surface area contributed by atoms with Crippen molar-refractivity contribution in [2.24, 2.45) is 0 Å². The molecule has 0 aliphatic carbocycles. The number of nitrogens with zero attached hydrogens (tertiary/aromatic N) is 2. The van der Waals surface area contributed by atoms with Crippen LogP contribution in [0.2, 0.25) is 0 Å². The van der Waals surface area contributed by atoms with Crippen molar-refractivity contribution < 1.29 is 9.18 Å². The maximum atomic E-state index is 13.1. The summed E-state index contributed by atoms with van der Waals surface area (Å²) in [6.07, 6.45) is 0. The molecule has 2 heterocycles. The SMILES string of the molecule is C[C@@H](NC(=O)c1ccc(F)cc1)[C@H](c1cccs1)N1CCN(C)CC1. The molecule has 1 aliphatic heterocycles. The highest BCUT2D eigenvalue weighted by molar-refractivity contribution is 7.10. The lowest BCUT2D eigenvalue weighted by molar-refractivity contribution is 0.0799. The lowest BCUT2D eigenvalue weighted by Crippen LogP contribution is -2.51. The summed E-state index contributed by atoms with van der Waals surface area (Å²) in [5.41, 5.74) is 0.483. The summed E-state index contributed by atoms with van der Waals surface area (Å²) in [5.74, 6) is -0.498. The summed E-state index contributed by atoms with van der Waals surface area (Å²) in [5, 5.41) is 5.18. The predicted molar refractivity (Wildman–Crippen MR) is 99.5 cm³/mol. The molecule has 134 valence electrons. The molecule has 3 rings (SSSR count). The van der Waals surface area contributed by atoms with Crippen LogP contribution < -0.4 is 5.32 Å². The van der Waals surface area contributed by atoms with Crippen LogP contribution in [0, 0.1) is 5.82 Å². The molecule has 1 fully saturated rings. The zero-order chi connectivity index (χ0) is 17.8. The first-order chi connectivity index (χ1) is 12.0. The van der Waals surface area contributed by atoms with E-state index >= 15 is 0 Å². The fraction of sp³-hybridized carbons (Fsp3) is 0.421. The fourth-order valence-corrected chi connectivity index (χ4v) is 4.24. The van der Waals surface area contributed by atoms with Gasteiger partial charge in [-0.15, -0.1) is 11.3 Å². The Hall–Kier alpha value is -1.76. The van der Waals surface area contributed by atoms with E-state index in [2.05, 4.69) is 39.7 Å². The fourth-order valence-electron chi connectivity index (χ4n) is 3.27. The van der Waals surface area contributed by atoms with Crippen molar-refractivity contribution in [3.05, 3.63) is 58.0 Å². The van der Waals surface area contributed by atoms with Gasteiger partial charge < -0.3 is 10.2 Å². The van der Waals surface area contributed by atoms with Crippen LogP contribution in [-0.4, -0.2) is 55.0 Å². The maximum absolute atomic E-state index is 13.1. The number of hydrogen-bond acceptors (Lipinski definition) is 4. The van der Waals surface area contributed by atoms with Crippen LogP contribution in [-0.2, 0) is 0 Å². The van der Waals surface area contributed by atoms with Gasteiger partial charge in [0.25, 0.3) is 5.91 Å². The zero-order valence-electron chi connectivity index (χ0n) is 14.6. The molecule has 2 atom stereocenters. The van der Waals surface area contributed by atoms with Crippen LogP contribution >= 0.6 is 11.3 Å². The lowest BCUT2D eigenvalue weighted by Gasteiger charge is -2.40. The highest BCUT2D eigenvalue weighted by atomic mass is 32.1. The molecule has 4 nitrogen and oxygen atoms in total. The van der Waals surface area contributed by atoms with Crippen molar-refractivity contribution in [1.82, 2.24) is 15.1 Å². The number of halogens is 1. The predicted octanol–water partition coefficient (Wildman–Crippen LogP) is 2.99. The molecular formula is C19H24FN3OS. The van der Waals surface area contributed by atoms with E-state index in [1.165, 1.54) is 29.1 Å². The van der Waals surface area contributed by atoms with Crippen LogP contribution in [0.4, 0.5) is 4.39 Å². The van der Waals surface area contributed by atoms with Crippen molar-refractivity contribution in [1.29, 1.82) is 0 Å². The molecule has 0 radical (unpaired) electrons. The molecule has 1 saturated heterocycles. The smallest absolute Gasteiger partial charge is 0.251 e. The van der Waals surface area contributed by atoms with Crippen molar-refractivity contribution in [3.8, 4) is 0 Å². The van der Waals surface area contributed by atoms with E-state index in [9.17, 15) is 9.18 Å². The molecule has 0 unspecified atom stereocenters. The monoisotopic (exact) mass is 361 g/mol. The average Bonchev–Trinajstić information content (AvgIpc) is 3.11. The summed E-state index contributed by atoms with van der Waals surface area (Å²) >= 11 is 1.72. The number of benzene rings is 1. The second kappa shape index (κ2) is 8.08. The van der Waals surface area contributed by atoms with Crippen molar-refractivity contribution in [2.45, 2.75) is 19.0 Å². The number of thiophene rings is 1. The summed E-state index contributed by atoms with van der Waals surface area (Å²) in [4.78, 5) is 18.5. The molecule has 0 bridgehead atoms. The minimum atomic E-state index is -0.335. The van der Waals surface area contributed by atoms with E-state index in [-0.39, 0.29) is 23.8 Å². The molecule has 1 amide bonds. The van der Waals surface area contributed by atoms with Gasteiger partial charge in [0.2, 0.25) is 0 Å². The maximum Gasteiger partial charge on any atom is 0.251 e. The summed E-state index contributed by atoms with van der Waals surface area (Å²) < 4.78 is 13.1. The van der Waals surface area contributed by atoms with Gasteiger partial charge in [0.1, 0.15) is 5.82 Å². The van der Waals surface area contributed by atoms with Gasteiger partial charge in [0.05, 0.1) is 6.04 Å². The lowest BCUT2D eigenvalue weighted by atomic mass is 10.0. The van der Waals surface area contributed by atoms with Gasteiger partial charge in [0, 0.05) is 42.7 Å². The molecule has 1 aromatic carbocycles. The standard InChI is InChI=1S/C19H24FN3OS/c1-14(21-19(24)15-5-7-16(20)8-6-15)18(17-4-3-13-25-17)23-11-9-22(2)10-12-23/h3-8,13-14,18H,9-12H2,1-2H3,(H,21,24)/t14-,18-/m1/s1. The third kappa shape index (κ3) is 4.45. The Labute approximate surface area is 152 Å². The minimum Gasteiger partial charge on any atom is -0.348 e. The Morgan fingerprint density at radius 3 is 2.44 bits per heavy atom. The number of hydrogen-bond donors (Lipinski definition) is 1. The molecule has 0 saturated carbocycles. The van der Waals surface area contributed by atoms with Crippen LogP contribution in [0.1, 0.15) is 28.2 Å². The number of carbonyl (C=O) groups is 1. The van der Waals surface area contributed by atoms with Gasteiger partial charge in [-0.3, -0.25) is 9.69 Å². The number of nitrogens with one attached hydrogen (secondary N) is 1. The second-order valence-electron chi connectivity index (χ2n) is 6.57. The quantitative estimate of drug-likeness (QED) is 0.889. The molecule has 1 aromatic heterocycles. The normalized spacial score (nSPS) is 18.7. The van der Waals surface area contributed by atoms with Gasteiger partial charge in [-0.25, -0.2) is 4.39 Å². The van der Waals surface area contributed by atoms with Crippen LogP contribution in [0.3, 0.4) is 0 Å². The van der Waals surface area contributed by atoms with Gasteiger partial charge >= 0.3 is 0 Å². The highest BCUT2D eigenvalue weighted by Gasteiger charge is 2.30. The van der Waals surface area contributed by atoms with E-state index in [0.717, 1.165) is 26.2 Å².